The summed E-state index contributed by atoms with van der Waals surface area (Å²) in [7, 11) is 0. The Morgan fingerprint density at radius 3 is 2.48 bits per heavy atom. The van der Waals surface area contributed by atoms with Crippen LogP contribution in [0, 0.1) is 0 Å². The lowest BCUT2D eigenvalue weighted by molar-refractivity contribution is -0.133. The van der Waals surface area contributed by atoms with E-state index in [4.69, 9.17) is 9.47 Å². The molecule has 160 valence electrons. The van der Waals surface area contributed by atoms with Crippen molar-refractivity contribution < 1.29 is 19.1 Å². The van der Waals surface area contributed by atoms with Gasteiger partial charge in [0.25, 0.3) is 0 Å². The van der Waals surface area contributed by atoms with E-state index in [9.17, 15) is 9.59 Å². The monoisotopic (exact) mass is 402 g/mol. The molecule has 1 saturated carbocycles. The quantitative estimate of drug-likeness (QED) is 0.583. The summed E-state index contributed by atoms with van der Waals surface area (Å²) in [5, 5.41) is 5.84. The highest BCUT2D eigenvalue weighted by molar-refractivity contribution is 5.97. The van der Waals surface area contributed by atoms with Crippen LogP contribution in [0.1, 0.15) is 64.9 Å². The summed E-state index contributed by atoms with van der Waals surface area (Å²) in [4.78, 5) is 25.2. The van der Waals surface area contributed by atoms with Crippen molar-refractivity contribution in [1.82, 2.24) is 10.6 Å². The van der Waals surface area contributed by atoms with Crippen LogP contribution in [0.2, 0.25) is 0 Å². The number of amides is 2. The highest BCUT2D eigenvalue weighted by atomic mass is 16.5. The van der Waals surface area contributed by atoms with Crippen LogP contribution in [-0.2, 0) is 9.59 Å². The number of carbonyl (C=O) groups is 2. The standard InChI is InChI=1S/C23H34N2O4/c1-4-16-29-19-12-10-18(17-20(19)28-6-3)11-13-21(26)25-23(22(27)24-5-2)14-8-7-9-15-23/h10-13,17H,4-9,14-16H2,1-3H3,(H,24,27)(H,25,26)/b13-11+. The second-order valence-corrected chi connectivity index (χ2v) is 7.31. The van der Waals surface area contributed by atoms with Crippen molar-refractivity contribution in [3.63, 3.8) is 0 Å². The number of rotatable bonds is 10. The van der Waals surface area contributed by atoms with Gasteiger partial charge in [-0.25, -0.2) is 0 Å². The van der Waals surface area contributed by atoms with Gasteiger partial charge in [-0.15, -0.1) is 0 Å². The van der Waals surface area contributed by atoms with Crippen molar-refractivity contribution in [2.24, 2.45) is 0 Å². The maximum Gasteiger partial charge on any atom is 0.245 e. The van der Waals surface area contributed by atoms with E-state index < -0.39 is 5.54 Å². The molecule has 1 aliphatic rings. The van der Waals surface area contributed by atoms with Gasteiger partial charge in [-0.3, -0.25) is 9.59 Å². The molecule has 0 bridgehead atoms. The molecule has 0 aliphatic heterocycles. The fraction of sp³-hybridized carbons (Fsp3) is 0.565. The third-order valence-corrected chi connectivity index (χ3v) is 5.00. The summed E-state index contributed by atoms with van der Waals surface area (Å²) in [6, 6.07) is 5.60. The molecule has 0 aromatic heterocycles. The second kappa shape index (κ2) is 11.5. The van der Waals surface area contributed by atoms with Gasteiger partial charge in [0.1, 0.15) is 5.54 Å². The molecule has 1 aliphatic carbocycles. The Morgan fingerprint density at radius 2 is 1.83 bits per heavy atom. The van der Waals surface area contributed by atoms with E-state index in [-0.39, 0.29) is 11.8 Å². The molecule has 0 radical (unpaired) electrons. The lowest BCUT2D eigenvalue weighted by Gasteiger charge is -2.36. The predicted octanol–water partition coefficient (Wildman–Crippen LogP) is 3.84. The molecule has 1 fully saturated rings. The van der Waals surface area contributed by atoms with Crippen molar-refractivity contribution in [3.05, 3.63) is 29.8 Å². The molecule has 29 heavy (non-hydrogen) atoms. The Hall–Kier alpha value is -2.50. The van der Waals surface area contributed by atoms with Crippen molar-refractivity contribution >= 4 is 17.9 Å². The first-order chi connectivity index (χ1) is 14.0. The maximum atomic E-state index is 12.6. The zero-order valence-corrected chi connectivity index (χ0v) is 17.9. The van der Waals surface area contributed by atoms with Gasteiger partial charge in [0.15, 0.2) is 11.5 Å². The molecule has 1 aromatic carbocycles. The van der Waals surface area contributed by atoms with E-state index in [1.54, 1.807) is 6.08 Å². The minimum Gasteiger partial charge on any atom is -0.490 e. The van der Waals surface area contributed by atoms with E-state index in [1.807, 2.05) is 32.0 Å². The Kier molecular flexibility index (Phi) is 9.03. The molecule has 0 atom stereocenters. The minimum atomic E-state index is -0.802. The first-order valence-corrected chi connectivity index (χ1v) is 10.7. The van der Waals surface area contributed by atoms with Crippen molar-refractivity contribution in [3.8, 4) is 11.5 Å². The lowest BCUT2D eigenvalue weighted by atomic mass is 9.80. The van der Waals surface area contributed by atoms with E-state index in [2.05, 4.69) is 17.6 Å². The second-order valence-electron chi connectivity index (χ2n) is 7.31. The highest BCUT2D eigenvalue weighted by Crippen LogP contribution is 2.30. The largest absolute Gasteiger partial charge is 0.490 e. The lowest BCUT2D eigenvalue weighted by Crippen LogP contribution is -2.59. The Labute approximate surface area is 174 Å². The molecular formula is C23H34N2O4. The Bertz CT molecular complexity index is 709. The van der Waals surface area contributed by atoms with Gasteiger partial charge in [-0.2, -0.15) is 0 Å². The van der Waals surface area contributed by atoms with Crippen LogP contribution >= 0.6 is 0 Å². The van der Waals surface area contributed by atoms with Gasteiger partial charge in [0.05, 0.1) is 13.2 Å². The summed E-state index contributed by atoms with van der Waals surface area (Å²) in [6.07, 6.45) is 8.46. The first-order valence-electron chi connectivity index (χ1n) is 10.7. The average molecular weight is 403 g/mol. The van der Waals surface area contributed by atoms with Crippen LogP contribution in [0.3, 0.4) is 0 Å². The van der Waals surface area contributed by atoms with E-state index in [0.717, 1.165) is 31.2 Å². The third-order valence-electron chi connectivity index (χ3n) is 5.00. The van der Waals surface area contributed by atoms with Gasteiger partial charge in [0, 0.05) is 12.6 Å². The van der Waals surface area contributed by atoms with Crippen molar-refractivity contribution in [2.45, 2.75) is 64.8 Å². The topological polar surface area (TPSA) is 76.7 Å². The van der Waals surface area contributed by atoms with E-state index in [0.29, 0.717) is 44.1 Å². The highest BCUT2D eigenvalue weighted by Gasteiger charge is 2.40. The SMILES string of the molecule is CCCOc1ccc(/C=C/C(=O)NC2(C(=O)NCC)CCCCC2)cc1OCC. The predicted molar refractivity (Wildman–Crippen MR) is 115 cm³/mol. The summed E-state index contributed by atoms with van der Waals surface area (Å²) in [5.74, 6) is 1.02. The molecule has 1 aromatic rings. The molecular weight excluding hydrogens is 368 g/mol. The minimum absolute atomic E-state index is 0.0856. The number of nitrogens with one attached hydrogen (secondary N) is 2. The van der Waals surface area contributed by atoms with E-state index >= 15 is 0 Å². The van der Waals surface area contributed by atoms with Crippen LogP contribution in [0.25, 0.3) is 6.08 Å². The van der Waals surface area contributed by atoms with Crippen LogP contribution in [0.15, 0.2) is 24.3 Å². The molecule has 0 spiro atoms. The van der Waals surface area contributed by atoms with Crippen LogP contribution in [0.4, 0.5) is 0 Å². The average Bonchev–Trinajstić information content (AvgIpc) is 2.72. The molecule has 2 N–H and O–H groups in total. The summed E-state index contributed by atoms with van der Waals surface area (Å²) in [6.45, 7) is 7.57. The zero-order valence-electron chi connectivity index (χ0n) is 17.9. The summed E-state index contributed by atoms with van der Waals surface area (Å²) >= 11 is 0. The van der Waals surface area contributed by atoms with Gasteiger partial charge >= 0.3 is 0 Å². The number of likely N-dealkylation sites (N-methyl/N-ethyl adjacent to an activating group) is 1. The van der Waals surface area contributed by atoms with E-state index in [1.165, 1.54) is 6.08 Å². The Morgan fingerprint density at radius 1 is 1.07 bits per heavy atom. The maximum absolute atomic E-state index is 12.6. The Balaban J connectivity index is 2.10. The number of benzene rings is 1. The molecule has 0 heterocycles. The molecule has 6 heteroatoms. The number of carbonyl (C=O) groups excluding carboxylic acids is 2. The van der Waals surface area contributed by atoms with Crippen molar-refractivity contribution in [2.75, 3.05) is 19.8 Å². The molecule has 6 nitrogen and oxygen atoms in total. The summed E-state index contributed by atoms with van der Waals surface area (Å²) in [5.41, 5.74) is 0.0347. The zero-order chi connectivity index (χ0) is 21.1. The molecule has 0 unspecified atom stereocenters. The van der Waals surface area contributed by atoms with Gasteiger partial charge in [0.2, 0.25) is 11.8 Å². The normalized spacial score (nSPS) is 15.7. The van der Waals surface area contributed by atoms with Crippen LogP contribution in [-0.4, -0.2) is 37.1 Å². The molecule has 2 amide bonds. The summed E-state index contributed by atoms with van der Waals surface area (Å²) < 4.78 is 11.4. The van der Waals surface area contributed by atoms with Crippen molar-refractivity contribution in [1.29, 1.82) is 0 Å². The number of hydrogen-bond donors (Lipinski definition) is 2. The molecule has 2 rings (SSSR count). The van der Waals surface area contributed by atoms with Gasteiger partial charge < -0.3 is 20.1 Å². The van der Waals surface area contributed by atoms with Gasteiger partial charge in [-0.05, 0) is 56.9 Å². The van der Waals surface area contributed by atoms with Crippen LogP contribution in [0.5, 0.6) is 11.5 Å². The first kappa shape index (κ1) is 22.8. The smallest absolute Gasteiger partial charge is 0.245 e. The van der Waals surface area contributed by atoms with Gasteiger partial charge in [-0.1, -0.05) is 32.3 Å². The third kappa shape index (κ3) is 6.51. The number of ether oxygens (including phenoxy) is 2. The molecule has 0 saturated heterocycles. The fourth-order valence-electron chi connectivity index (χ4n) is 3.57. The van der Waals surface area contributed by atoms with Crippen LogP contribution < -0.4 is 20.1 Å². The fourth-order valence-corrected chi connectivity index (χ4v) is 3.57. The number of hydrogen-bond acceptors (Lipinski definition) is 4.